The lowest BCUT2D eigenvalue weighted by Crippen LogP contribution is -2.34. The van der Waals surface area contributed by atoms with Crippen molar-refractivity contribution >= 4 is 78.7 Å². The fourth-order valence-corrected chi connectivity index (χ4v) is 10.8. The largest absolute Gasteiger partial charge is 0.0763 e. The van der Waals surface area contributed by atoms with Crippen LogP contribution in [0.3, 0.4) is 0 Å². The van der Waals surface area contributed by atoms with Gasteiger partial charge in [-0.3, -0.25) is 0 Å². The monoisotopic (exact) mass is 800 g/mol. The second-order valence-electron chi connectivity index (χ2n) is 15.1. The number of hydrogen-bond donors (Lipinski definition) is 0. The maximum Gasteiger partial charge on any atom is 0.0722 e. The van der Waals surface area contributed by atoms with Crippen molar-refractivity contribution in [1.82, 2.24) is 0 Å². The van der Waals surface area contributed by atoms with Crippen molar-refractivity contribution in [3.63, 3.8) is 0 Å². The number of alkyl halides is 1. The van der Waals surface area contributed by atoms with Crippen LogP contribution in [-0.4, -0.2) is 3.42 Å². The Kier molecular flexibility index (Phi) is 7.42. The maximum atomic E-state index is 2.75. The van der Waals surface area contributed by atoms with Crippen LogP contribution in [0.15, 0.2) is 175 Å². The Labute approximate surface area is 329 Å². The molecule has 0 amide bonds. The predicted molar refractivity (Wildman–Crippen MR) is 240 cm³/mol. The van der Waals surface area contributed by atoms with Gasteiger partial charge >= 0.3 is 0 Å². The Bertz CT molecular complexity index is 3030. The van der Waals surface area contributed by atoms with E-state index >= 15 is 0 Å². The SMILES string of the molecule is IC1(C2=Cc3ccccc3C2)C=CC=C2C(c3ccc4c(-c5cccc6ccccc56)c5ccccc5c(-c5cccc6c5=CCCC=6)c4c3)=CC=CC21. The number of fused-ring (bicyclic) bond motifs is 6. The maximum absolute atomic E-state index is 2.75. The first kappa shape index (κ1) is 32.0. The average Bonchev–Trinajstić information content (AvgIpc) is 3.68. The van der Waals surface area contributed by atoms with Crippen LogP contribution < -0.4 is 10.4 Å². The Hall–Kier alpha value is -5.51. The zero-order valence-electron chi connectivity index (χ0n) is 29.9. The van der Waals surface area contributed by atoms with E-state index in [0.717, 1.165) is 19.3 Å². The summed E-state index contributed by atoms with van der Waals surface area (Å²) in [4.78, 5) is 0. The minimum atomic E-state index is -0.133. The third-order valence-electron chi connectivity index (χ3n) is 12.2. The average molecular weight is 801 g/mol. The van der Waals surface area contributed by atoms with Crippen LogP contribution >= 0.6 is 22.6 Å². The summed E-state index contributed by atoms with van der Waals surface area (Å²) in [6.07, 6.45) is 24.7. The van der Waals surface area contributed by atoms with Gasteiger partial charge in [0.05, 0.1) is 3.42 Å². The molecule has 0 fully saturated rings. The summed E-state index contributed by atoms with van der Waals surface area (Å²) in [6, 6.07) is 47.8. The van der Waals surface area contributed by atoms with Gasteiger partial charge in [-0.1, -0.05) is 199 Å². The van der Waals surface area contributed by atoms with Crippen LogP contribution in [0.1, 0.15) is 29.5 Å². The lowest BCUT2D eigenvalue weighted by atomic mass is 9.71. The number of halogens is 1. The smallest absolute Gasteiger partial charge is 0.0722 e. The van der Waals surface area contributed by atoms with Crippen LogP contribution in [0.5, 0.6) is 0 Å². The highest BCUT2D eigenvalue weighted by atomic mass is 127. The van der Waals surface area contributed by atoms with E-state index in [2.05, 4.69) is 205 Å². The molecule has 2 atom stereocenters. The first-order valence-corrected chi connectivity index (χ1v) is 20.3. The van der Waals surface area contributed by atoms with Gasteiger partial charge in [0.2, 0.25) is 0 Å². The zero-order valence-corrected chi connectivity index (χ0v) is 32.1. The van der Waals surface area contributed by atoms with E-state index in [1.807, 2.05) is 0 Å². The highest BCUT2D eigenvalue weighted by molar-refractivity contribution is 14.1. The Balaban J connectivity index is 1.16. The summed E-state index contributed by atoms with van der Waals surface area (Å²) in [5.41, 5.74) is 13.5. The van der Waals surface area contributed by atoms with Crippen molar-refractivity contribution < 1.29 is 0 Å². The quantitative estimate of drug-likeness (QED) is 0.0945. The molecule has 11 rings (SSSR count). The van der Waals surface area contributed by atoms with Crippen molar-refractivity contribution in [2.75, 3.05) is 0 Å². The Morgan fingerprint density at radius 1 is 0.593 bits per heavy atom. The summed E-state index contributed by atoms with van der Waals surface area (Å²) >= 11 is 2.75. The molecular weight excluding hydrogens is 763 g/mol. The third-order valence-corrected chi connectivity index (χ3v) is 13.9. The Morgan fingerprint density at radius 3 is 2.20 bits per heavy atom. The fraction of sp³-hybridized carbons (Fsp3) is 0.0943. The van der Waals surface area contributed by atoms with Crippen LogP contribution in [0.2, 0.25) is 0 Å². The molecular formula is C53H37I. The molecule has 0 bridgehead atoms. The molecule has 4 aliphatic rings. The number of hydrogen-bond acceptors (Lipinski definition) is 0. The first-order valence-electron chi connectivity index (χ1n) is 19.2. The topological polar surface area (TPSA) is 0 Å². The van der Waals surface area contributed by atoms with Gasteiger partial charge in [-0.05, 0) is 124 Å². The lowest BCUT2D eigenvalue weighted by molar-refractivity contribution is 0.678. The van der Waals surface area contributed by atoms with Crippen molar-refractivity contribution in [2.45, 2.75) is 22.7 Å². The van der Waals surface area contributed by atoms with E-state index in [4.69, 9.17) is 0 Å². The van der Waals surface area contributed by atoms with E-state index < -0.39 is 0 Å². The molecule has 7 aromatic carbocycles. The summed E-state index contributed by atoms with van der Waals surface area (Å²) in [5.74, 6) is 0.243. The zero-order chi connectivity index (χ0) is 35.8. The van der Waals surface area contributed by atoms with E-state index in [1.165, 1.54) is 98.4 Å². The van der Waals surface area contributed by atoms with Crippen LogP contribution in [0.4, 0.5) is 0 Å². The van der Waals surface area contributed by atoms with Gasteiger partial charge in [0.15, 0.2) is 0 Å². The summed E-state index contributed by atoms with van der Waals surface area (Å²) in [6.45, 7) is 0. The molecule has 2 unspecified atom stereocenters. The molecule has 1 heteroatoms. The van der Waals surface area contributed by atoms with Gasteiger partial charge in [0, 0.05) is 5.92 Å². The molecule has 0 saturated carbocycles. The molecule has 0 radical (unpaired) electrons. The Morgan fingerprint density at radius 2 is 1.31 bits per heavy atom. The molecule has 0 saturated heterocycles. The molecule has 0 aromatic heterocycles. The van der Waals surface area contributed by atoms with E-state index in [-0.39, 0.29) is 9.34 Å². The summed E-state index contributed by atoms with van der Waals surface area (Å²) in [7, 11) is 0. The predicted octanol–water partition coefficient (Wildman–Crippen LogP) is 12.7. The van der Waals surface area contributed by atoms with Gasteiger partial charge in [0.1, 0.15) is 0 Å². The summed E-state index contributed by atoms with van der Waals surface area (Å²) < 4.78 is -0.133. The number of benzene rings is 7. The van der Waals surface area contributed by atoms with E-state index in [1.54, 1.807) is 0 Å². The van der Waals surface area contributed by atoms with Gasteiger partial charge < -0.3 is 0 Å². The molecule has 4 aliphatic carbocycles. The third kappa shape index (κ3) is 4.87. The van der Waals surface area contributed by atoms with Crippen molar-refractivity contribution in [3.05, 3.63) is 202 Å². The van der Waals surface area contributed by atoms with Gasteiger partial charge in [-0.15, -0.1) is 0 Å². The summed E-state index contributed by atoms with van der Waals surface area (Å²) in [5, 5.41) is 10.4. The van der Waals surface area contributed by atoms with Gasteiger partial charge in [-0.2, -0.15) is 0 Å². The molecule has 0 N–H and O–H groups in total. The second kappa shape index (κ2) is 12.5. The van der Waals surface area contributed by atoms with Crippen LogP contribution in [0, 0.1) is 5.92 Å². The minimum absolute atomic E-state index is 0.133. The van der Waals surface area contributed by atoms with E-state index in [0.29, 0.717) is 0 Å². The van der Waals surface area contributed by atoms with Crippen molar-refractivity contribution in [1.29, 1.82) is 0 Å². The van der Waals surface area contributed by atoms with Crippen molar-refractivity contribution in [3.8, 4) is 22.3 Å². The number of allylic oxidation sites excluding steroid dienone is 9. The minimum Gasteiger partial charge on any atom is -0.0763 e. The highest BCUT2D eigenvalue weighted by Gasteiger charge is 2.42. The van der Waals surface area contributed by atoms with Crippen LogP contribution in [0.25, 0.3) is 78.4 Å². The molecule has 0 aliphatic heterocycles. The van der Waals surface area contributed by atoms with Gasteiger partial charge in [0.25, 0.3) is 0 Å². The fourth-order valence-electron chi connectivity index (χ4n) is 9.72. The van der Waals surface area contributed by atoms with Crippen molar-refractivity contribution in [2.24, 2.45) is 5.92 Å². The molecule has 54 heavy (non-hydrogen) atoms. The number of rotatable bonds is 4. The second-order valence-corrected chi connectivity index (χ2v) is 16.9. The highest BCUT2D eigenvalue weighted by Crippen LogP contribution is 2.53. The molecule has 256 valence electrons. The lowest BCUT2D eigenvalue weighted by Gasteiger charge is -2.39. The standard InChI is InChI=1S/C53H37I/c54-53(39-31-36-15-1-2-16-37(36)32-39)30-12-26-43-42(23-11-27-50(43)53)38-28-29-48-49(33-38)52(45-25-10-18-35-14-4-6-20-41(35)45)47-22-8-7-21-46(47)51(48)44-24-9-17-34-13-3-5-19-40(34)44/h1-3,5,7-31,33,50H,4,6,32H2. The molecule has 0 nitrogen and oxygen atoms in total. The van der Waals surface area contributed by atoms with Gasteiger partial charge in [-0.25, -0.2) is 0 Å². The molecule has 0 heterocycles. The normalized spacial score (nSPS) is 19.7. The van der Waals surface area contributed by atoms with Crippen LogP contribution in [-0.2, 0) is 6.42 Å². The molecule has 0 spiro atoms. The first-order chi connectivity index (χ1) is 26.7. The molecule has 7 aromatic rings. The van der Waals surface area contributed by atoms with E-state index in [9.17, 15) is 0 Å².